The molecule has 8 heteroatoms. The van der Waals surface area contributed by atoms with E-state index in [0.717, 1.165) is 17.0 Å². The van der Waals surface area contributed by atoms with Crippen molar-refractivity contribution in [3.8, 4) is 0 Å². The first-order chi connectivity index (χ1) is 12.7. The smallest absolute Gasteiger partial charge is 0.255 e. The predicted molar refractivity (Wildman–Crippen MR) is 105 cm³/mol. The van der Waals surface area contributed by atoms with E-state index in [2.05, 4.69) is 20.2 Å². The monoisotopic (exact) mass is 387 g/mol. The SMILES string of the molecule is Cc1cc(C)c(CN(C(=O)c2cc(Cl)nc3n[nH]c(C)c23)C(C)C)c(=O)[nH]1. The van der Waals surface area contributed by atoms with Crippen LogP contribution in [0.15, 0.2) is 16.9 Å². The van der Waals surface area contributed by atoms with Crippen molar-refractivity contribution in [3.63, 3.8) is 0 Å². The van der Waals surface area contributed by atoms with Crippen LogP contribution in [-0.4, -0.2) is 37.0 Å². The molecule has 0 fully saturated rings. The van der Waals surface area contributed by atoms with Crippen molar-refractivity contribution in [2.45, 2.75) is 47.2 Å². The van der Waals surface area contributed by atoms with Gasteiger partial charge in [0.15, 0.2) is 5.65 Å². The Morgan fingerprint density at radius 2 is 1.96 bits per heavy atom. The van der Waals surface area contributed by atoms with Gasteiger partial charge in [0, 0.05) is 23.0 Å². The highest BCUT2D eigenvalue weighted by Crippen LogP contribution is 2.25. The van der Waals surface area contributed by atoms with Crippen molar-refractivity contribution in [1.82, 2.24) is 25.1 Å². The average molecular weight is 388 g/mol. The van der Waals surface area contributed by atoms with E-state index in [1.165, 1.54) is 0 Å². The van der Waals surface area contributed by atoms with Crippen LogP contribution < -0.4 is 5.56 Å². The lowest BCUT2D eigenvalue weighted by Gasteiger charge is -2.27. The second kappa shape index (κ2) is 7.15. The molecule has 27 heavy (non-hydrogen) atoms. The number of pyridine rings is 2. The number of H-pyrrole nitrogens is 2. The first-order valence-corrected chi connectivity index (χ1v) is 9.08. The van der Waals surface area contributed by atoms with Gasteiger partial charge in [-0.3, -0.25) is 14.7 Å². The highest BCUT2D eigenvalue weighted by atomic mass is 35.5. The Balaban J connectivity index is 2.08. The van der Waals surface area contributed by atoms with E-state index < -0.39 is 0 Å². The standard InChI is InChI=1S/C19H22ClN5O2/c1-9(2)25(8-14-10(3)6-11(4)21-18(14)26)19(27)13-7-15(20)22-17-16(13)12(5)23-24-17/h6-7,9H,8H2,1-5H3,(H,21,26)(H,22,23,24). The van der Waals surface area contributed by atoms with E-state index in [9.17, 15) is 9.59 Å². The average Bonchev–Trinajstić information content (AvgIpc) is 2.93. The van der Waals surface area contributed by atoms with Crippen LogP contribution in [0.5, 0.6) is 0 Å². The zero-order valence-corrected chi connectivity index (χ0v) is 16.7. The number of nitrogens with zero attached hydrogens (tertiary/aromatic N) is 3. The van der Waals surface area contributed by atoms with E-state index in [1.807, 2.05) is 40.7 Å². The van der Waals surface area contributed by atoms with Crippen LogP contribution in [-0.2, 0) is 6.54 Å². The molecule has 0 atom stereocenters. The number of aromatic nitrogens is 4. The Morgan fingerprint density at radius 3 is 2.59 bits per heavy atom. The molecular formula is C19H22ClN5O2. The van der Waals surface area contributed by atoms with Crippen LogP contribution in [0.25, 0.3) is 11.0 Å². The molecule has 0 aromatic carbocycles. The van der Waals surface area contributed by atoms with Crippen molar-refractivity contribution >= 4 is 28.5 Å². The number of carbonyl (C=O) groups is 1. The number of hydrogen-bond donors (Lipinski definition) is 2. The third-order valence-electron chi connectivity index (χ3n) is 4.61. The zero-order valence-electron chi connectivity index (χ0n) is 16.0. The van der Waals surface area contributed by atoms with Gasteiger partial charge >= 0.3 is 0 Å². The largest absolute Gasteiger partial charge is 0.332 e. The lowest BCUT2D eigenvalue weighted by atomic mass is 10.1. The van der Waals surface area contributed by atoms with Crippen molar-refractivity contribution < 1.29 is 4.79 Å². The second-order valence-electron chi connectivity index (χ2n) is 7.01. The summed E-state index contributed by atoms with van der Waals surface area (Å²) in [5.41, 5.74) is 3.60. The third-order valence-corrected chi connectivity index (χ3v) is 4.80. The van der Waals surface area contributed by atoms with Crippen LogP contribution in [0.1, 0.15) is 46.7 Å². The maximum Gasteiger partial charge on any atom is 0.255 e. The predicted octanol–water partition coefficient (Wildman–Crippen LogP) is 3.28. The molecule has 0 unspecified atom stereocenters. The summed E-state index contributed by atoms with van der Waals surface area (Å²) in [6.07, 6.45) is 0. The molecule has 3 heterocycles. The van der Waals surface area contributed by atoms with E-state index in [0.29, 0.717) is 22.2 Å². The van der Waals surface area contributed by atoms with Gasteiger partial charge in [-0.25, -0.2) is 4.98 Å². The van der Waals surface area contributed by atoms with Crippen molar-refractivity contribution in [2.24, 2.45) is 0 Å². The van der Waals surface area contributed by atoms with Crippen LogP contribution >= 0.6 is 11.6 Å². The van der Waals surface area contributed by atoms with Gasteiger partial charge in [0.25, 0.3) is 11.5 Å². The molecule has 0 saturated carbocycles. The Hall–Kier alpha value is -2.67. The molecule has 7 nitrogen and oxygen atoms in total. The summed E-state index contributed by atoms with van der Waals surface area (Å²) in [6, 6.07) is 3.34. The van der Waals surface area contributed by atoms with E-state index >= 15 is 0 Å². The maximum absolute atomic E-state index is 13.4. The molecule has 3 aromatic rings. The molecule has 0 radical (unpaired) electrons. The summed E-state index contributed by atoms with van der Waals surface area (Å²) >= 11 is 6.10. The van der Waals surface area contributed by atoms with Gasteiger partial charge < -0.3 is 9.88 Å². The van der Waals surface area contributed by atoms with Gasteiger partial charge in [-0.2, -0.15) is 5.10 Å². The number of aryl methyl sites for hydroxylation is 3. The van der Waals surface area contributed by atoms with Crippen LogP contribution in [0.3, 0.4) is 0 Å². The second-order valence-corrected chi connectivity index (χ2v) is 7.40. The summed E-state index contributed by atoms with van der Waals surface area (Å²) in [4.78, 5) is 34.4. The van der Waals surface area contributed by atoms with E-state index in [1.54, 1.807) is 11.0 Å². The van der Waals surface area contributed by atoms with Crippen LogP contribution in [0.2, 0.25) is 5.15 Å². The lowest BCUT2D eigenvalue weighted by Crippen LogP contribution is -2.38. The molecule has 2 N–H and O–H groups in total. The summed E-state index contributed by atoms with van der Waals surface area (Å²) in [5.74, 6) is -0.219. The number of fused-ring (bicyclic) bond motifs is 1. The Kier molecular flexibility index (Phi) is 5.06. The Bertz CT molecular complexity index is 1080. The number of nitrogens with one attached hydrogen (secondary N) is 2. The maximum atomic E-state index is 13.4. The van der Waals surface area contributed by atoms with E-state index in [4.69, 9.17) is 11.6 Å². The molecule has 0 saturated heterocycles. The lowest BCUT2D eigenvalue weighted by molar-refractivity contribution is 0.0691. The molecule has 0 aliphatic rings. The van der Waals surface area contributed by atoms with Crippen LogP contribution in [0.4, 0.5) is 0 Å². The molecule has 0 bridgehead atoms. The number of rotatable bonds is 4. The molecule has 1 amide bonds. The van der Waals surface area contributed by atoms with Gasteiger partial charge in [0.2, 0.25) is 0 Å². The molecule has 0 spiro atoms. The van der Waals surface area contributed by atoms with Gasteiger partial charge in [-0.15, -0.1) is 0 Å². The van der Waals surface area contributed by atoms with Gasteiger partial charge in [-0.1, -0.05) is 11.6 Å². The molecule has 0 aliphatic heterocycles. The minimum absolute atomic E-state index is 0.119. The molecular weight excluding hydrogens is 366 g/mol. The summed E-state index contributed by atoms with van der Waals surface area (Å²) in [7, 11) is 0. The van der Waals surface area contributed by atoms with Gasteiger partial charge in [-0.05, 0) is 52.3 Å². The fourth-order valence-electron chi connectivity index (χ4n) is 3.21. The Labute approximate surface area is 161 Å². The highest BCUT2D eigenvalue weighted by molar-refractivity contribution is 6.30. The summed E-state index contributed by atoms with van der Waals surface area (Å²) in [5, 5.41) is 7.79. The van der Waals surface area contributed by atoms with Crippen molar-refractivity contribution in [2.75, 3.05) is 0 Å². The number of hydrogen-bond acceptors (Lipinski definition) is 4. The minimum Gasteiger partial charge on any atom is -0.332 e. The zero-order chi connectivity index (χ0) is 19.9. The fourth-order valence-corrected chi connectivity index (χ4v) is 3.39. The number of amides is 1. The normalized spacial score (nSPS) is 11.4. The fraction of sp³-hybridized carbons (Fsp3) is 0.368. The number of carbonyl (C=O) groups excluding carboxylic acids is 1. The quantitative estimate of drug-likeness (QED) is 0.671. The van der Waals surface area contributed by atoms with Crippen molar-refractivity contribution in [1.29, 1.82) is 0 Å². The van der Waals surface area contributed by atoms with Gasteiger partial charge in [0.05, 0.1) is 17.5 Å². The molecule has 142 valence electrons. The van der Waals surface area contributed by atoms with Crippen molar-refractivity contribution in [3.05, 3.63) is 55.7 Å². The summed E-state index contributed by atoms with van der Waals surface area (Å²) in [6.45, 7) is 9.57. The van der Waals surface area contributed by atoms with Gasteiger partial charge in [0.1, 0.15) is 5.15 Å². The molecule has 3 rings (SSSR count). The van der Waals surface area contributed by atoms with Crippen LogP contribution in [0, 0.1) is 20.8 Å². The number of halogens is 1. The topological polar surface area (TPSA) is 94.7 Å². The summed E-state index contributed by atoms with van der Waals surface area (Å²) < 4.78 is 0. The first-order valence-electron chi connectivity index (χ1n) is 8.70. The van der Waals surface area contributed by atoms with E-state index in [-0.39, 0.29) is 29.2 Å². The number of aromatic amines is 2. The molecule has 0 aliphatic carbocycles. The minimum atomic E-state index is -0.219. The third kappa shape index (κ3) is 3.60. The molecule has 3 aromatic heterocycles. The first kappa shape index (κ1) is 19.1. The Morgan fingerprint density at radius 1 is 1.26 bits per heavy atom. The highest BCUT2D eigenvalue weighted by Gasteiger charge is 2.25.